The van der Waals surface area contributed by atoms with E-state index in [1.807, 2.05) is 18.2 Å². The van der Waals surface area contributed by atoms with Gasteiger partial charge in [-0.3, -0.25) is 4.90 Å². The number of ether oxygens (including phenoxy) is 2. The maximum atomic E-state index is 5.55. The normalized spacial score (nSPS) is 14.7. The highest BCUT2D eigenvalue weighted by atomic mass is 16.5. The maximum absolute atomic E-state index is 5.55. The van der Waals surface area contributed by atoms with Crippen LogP contribution >= 0.6 is 0 Å². The van der Waals surface area contributed by atoms with E-state index in [4.69, 9.17) is 14.5 Å². The van der Waals surface area contributed by atoms with Crippen LogP contribution < -0.4 is 9.64 Å². The fourth-order valence-electron chi connectivity index (χ4n) is 5.01. The van der Waals surface area contributed by atoms with Gasteiger partial charge in [0.2, 0.25) is 0 Å². The first-order chi connectivity index (χ1) is 17.3. The molecule has 0 spiro atoms. The Hall–Kier alpha value is -3.68. The van der Waals surface area contributed by atoms with E-state index in [0.717, 1.165) is 79.4 Å². The van der Waals surface area contributed by atoms with Crippen molar-refractivity contribution in [1.29, 1.82) is 0 Å². The van der Waals surface area contributed by atoms with Crippen LogP contribution in [0.5, 0.6) is 5.75 Å². The van der Waals surface area contributed by atoms with Gasteiger partial charge in [0.25, 0.3) is 0 Å². The average Bonchev–Trinajstić information content (AvgIpc) is 3.30. The summed E-state index contributed by atoms with van der Waals surface area (Å²) >= 11 is 0. The predicted molar refractivity (Wildman–Crippen MR) is 140 cm³/mol. The number of morpholine rings is 1. The van der Waals surface area contributed by atoms with Crippen LogP contribution in [0.2, 0.25) is 0 Å². The van der Waals surface area contributed by atoms with Gasteiger partial charge in [0.05, 0.1) is 20.3 Å². The molecular formula is C28H29N5O2. The molecule has 0 saturated carbocycles. The minimum absolute atomic E-state index is 0.760. The highest BCUT2D eigenvalue weighted by molar-refractivity contribution is 6.08. The molecule has 0 amide bonds. The topological polar surface area (TPSA) is 66.5 Å². The van der Waals surface area contributed by atoms with Crippen LogP contribution in [0, 0.1) is 0 Å². The molecule has 0 unspecified atom stereocenters. The number of aromatic amines is 1. The zero-order chi connectivity index (χ0) is 23.6. The molecule has 1 N–H and O–H groups in total. The number of nitrogens with one attached hydrogen (secondary N) is 1. The SMILES string of the molecule is COc1ccc2[nH]c3c(N(CCN4CCOCC4)Cc4cccc5ccccc45)ncnc3c2c1. The van der Waals surface area contributed by atoms with Gasteiger partial charge in [-0.05, 0) is 34.5 Å². The van der Waals surface area contributed by atoms with Gasteiger partial charge in [-0.2, -0.15) is 0 Å². The molecule has 7 heteroatoms. The van der Waals surface area contributed by atoms with Gasteiger partial charge >= 0.3 is 0 Å². The lowest BCUT2D eigenvalue weighted by Crippen LogP contribution is -2.41. The van der Waals surface area contributed by atoms with E-state index in [-0.39, 0.29) is 0 Å². The van der Waals surface area contributed by atoms with E-state index in [2.05, 4.69) is 62.2 Å². The highest BCUT2D eigenvalue weighted by Crippen LogP contribution is 2.32. The van der Waals surface area contributed by atoms with Crippen molar-refractivity contribution in [1.82, 2.24) is 19.9 Å². The molecule has 0 atom stereocenters. The molecule has 1 saturated heterocycles. The van der Waals surface area contributed by atoms with Gasteiger partial charge in [0, 0.05) is 43.6 Å². The Labute approximate surface area is 204 Å². The molecule has 0 bridgehead atoms. The molecule has 1 aliphatic heterocycles. The maximum Gasteiger partial charge on any atom is 0.156 e. The van der Waals surface area contributed by atoms with Crippen molar-refractivity contribution in [3.05, 3.63) is 72.6 Å². The van der Waals surface area contributed by atoms with E-state index in [1.54, 1.807) is 13.4 Å². The highest BCUT2D eigenvalue weighted by Gasteiger charge is 2.19. The number of hydrogen-bond acceptors (Lipinski definition) is 6. The van der Waals surface area contributed by atoms with Crippen molar-refractivity contribution in [2.24, 2.45) is 0 Å². The molecule has 3 heterocycles. The van der Waals surface area contributed by atoms with E-state index in [0.29, 0.717) is 0 Å². The lowest BCUT2D eigenvalue weighted by molar-refractivity contribution is 0.0391. The molecular weight excluding hydrogens is 438 g/mol. The monoisotopic (exact) mass is 467 g/mol. The summed E-state index contributed by atoms with van der Waals surface area (Å²) in [5.41, 5.74) is 4.19. The summed E-state index contributed by atoms with van der Waals surface area (Å²) in [6.07, 6.45) is 1.68. The molecule has 0 aliphatic carbocycles. The first kappa shape index (κ1) is 21.8. The number of H-pyrrole nitrogens is 1. The number of methoxy groups -OCH3 is 1. The van der Waals surface area contributed by atoms with Crippen molar-refractivity contribution < 1.29 is 9.47 Å². The van der Waals surface area contributed by atoms with E-state index >= 15 is 0 Å². The Balaban J connectivity index is 1.42. The molecule has 35 heavy (non-hydrogen) atoms. The number of anilines is 1. The Morgan fingerprint density at radius 3 is 2.74 bits per heavy atom. The number of aromatic nitrogens is 3. The first-order valence-corrected chi connectivity index (χ1v) is 12.1. The summed E-state index contributed by atoms with van der Waals surface area (Å²) in [7, 11) is 1.69. The quantitative estimate of drug-likeness (QED) is 0.377. The van der Waals surface area contributed by atoms with Crippen LogP contribution in [0.3, 0.4) is 0 Å². The second-order valence-electron chi connectivity index (χ2n) is 8.97. The Morgan fingerprint density at radius 2 is 1.86 bits per heavy atom. The van der Waals surface area contributed by atoms with Gasteiger partial charge in [-0.15, -0.1) is 0 Å². The zero-order valence-corrected chi connectivity index (χ0v) is 19.9. The van der Waals surface area contributed by atoms with E-state index in [1.165, 1.54) is 16.3 Å². The second-order valence-corrected chi connectivity index (χ2v) is 8.97. The standard InChI is InChI=1S/C28H29N5O2/c1-34-22-9-10-25-24(17-22)26-27(31-25)28(30-19-29-26)33(12-11-32-13-15-35-16-14-32)18-21-7-4-6-20-5-2-3-8-23(20)21/h2-10,17,19,31H,11-16,18H2,1H3. The van der Waals surface area contributed by atoms with Crippen LogP contribution in [-0.2, 0) is 11.3 Å². The molecule has 0 radical (unpaired) electrons. The third-order valence-electron chi connectivity index (χ3n) is 6.90. The number of nitrogens with zero attached hydrogens (tertiary/aromatic N) is 4. The van der Waals surface area contributed by atoms with Gasteiger partial charge in [0.15, 0.2) is 5.82 Å². The Morgan fingerprint density at radius 1 is 1.00 bits per heavy atom. The molecule has 6 rings (SSSR count). The van der Waals surface area contributed by atoms with Crippen molar-refractivity contribution in [2.75, 3.05) is 51.4 Å². The smallest absolute Gasteiger partial charge is 0.156 e. The number of benzene rings is 3. The number of fused-ring (bicyclic) bond motifs is 4. The summed E-state index contributed by atoms with van der Waals surface area (Å²) in [6, 6.07) is 21.2. The Bertz CT molecular complexity index is 1470. The largest absolute Gasteiger partial charge is 0.497 e. The van der Waals surface area contributed by atoms with Crippen molar-refractivity contribution in [3.63, 3.8) is 0 Å². The molecule has 178 valence electrons. The first-order valence-electron chi connectivity index (χ1n) is 12.1. The fourth-order valence-corrected chi connectivity index (χ4v) is 5.01. The molecule has 2 aromatic heterocycles. The van der Waals surface area contributed by atoms with Crippen molar-refractivity contribution in [2.45, 2.75) is 6.54 Å². The van der Waals surface area contributed by atoms with Gasteiger partial charge in [-0.1, -0.05) is 42.5 Å². The summed E-state index contributed by atoms with van der Waals surface area (Å²) in [4.78, 5) is 17.9. The summed E-state index contributed by atoms with van der Waals surface area (Å²) in [6.45, 7) is 6.09. The van der Waals surface area contributed by atoms with Crippen LogP contribution in [0.4, 0.5) is 5.82 Å². The van der Waals surface area contributed by atoms with Crippen LogP contribution in [-0.4, -0.2) is 66.4 Å². The average molecular weight is 468 g/mol. The number of hydrogen-bond donors (Lipinski definition) is 1. The molecule has 3 aromatic carbocycles. The molecule has 1 fully saturated rings. The third-order valence-corrected chi connectivity index (χ3v) is 6.90. The lowest BCUT2D eigenvalue weighted by Gasteiger charge is -2.31. The predicted octanol–water partition coefficient (Wildman–Crippen LogP) is 4.61. The minimum atomic E-state index is 0.760. The van der Waals surface area contributed by atoms with Gasteiger partial charge < -0.3 is 19.4 Å². The summed E-state index contributed by atoms with van der Waals surface area (Å²) in [5, 5.41) is 3.57. The van der Waals surface area contributed by atoms with Crippen molar-refractivity contribution in [3.8, 4) is 5.75 Å². The van der Waals surface area contributed by atoms with E-state index < -0.39 is 0 Å². The second kappa shape index (κ2) is 9.52. The van der Waals surface area contributed by atoms with Crippen LogP contribution in [0.15, 0.2) is 67.0 Å². The minimum Gasteiger partial charge on any atom is -0.497 e. The van der Waals surface area contributed by atoms with Gasteiger partial charge in [-0.25, -0.2) is 9.97 Å². The lowest BCUT2D eigenvalue weighted by atomic mass is 10.0. The van der Waals surface area contributed by atoms with Gasteiger partial charge in [0.1, 0.15) is 23.1 Å². The van der Waals surface area contributed by atoms with E-state index in [9.17, 15) is 0 Å². The zero-order valence-electron chi connectivity index (χ0n) is 19.9. The third kappa shape index (κ3) is 4.29. The van der Waals surface area contributed by atoms with Crippen LogP contribution in [0.1, 0.15) is 5.56 Å². The summed E-state index contributed by atoms with van der Waals surface area (Å²) in [5.74, 6) is 1.74. The Kier molecular flexibility index (Phi) is 5.94. The molecule has 7 nitrogen and oxygen atoms in total. The summed E-state index contributed by atoms with van der Waals surface area (Å²) < 4.78 is 11.0. The van der Waals surface area contributed by atoms with Crippen LogP contribution in [0.25, 0.3) is 32.7 Å². The molecule has 1 aliphatic rings. The fraction of sp³-hybridized carbons (Fsp3) is 0.286. The molecule has 5 aromatic rings. The number of rotatable bonds is 7. The van der Waals surface area contributed by atoms with Crippen molar-refractivity contribution >= 4 is 38.5 Å².